The number of anilines is 2. The van der Waals surface area contributed by atoms with Crippen molar-refractivity contribution in [3.8, 4) is 11.1 Å². The van der Waals surface area contributed by atoms with Crippen molar-refractivity contribution in [2.24, 2.45) is 0 Å². The van der Waals surface area contributed by atoms with Gasteiger partial charge in [0.2, 0.25) is 5.91 Å². The molecule has 0 saturated carbocycles. The van der Waals surface area contributed by atoms with E-state index in [1.165, 1.54) is 6.33 Å². The van der Waals surface area contributed by atoms with Crippen molar-refractivity contribution >= 4 is 28.4 Å². The second-order valence-electron chi connectivity index (χ2n) is 8.65. The molecule has 0 atom stereocenters. The monoisotopic (exact) mass is 461 g/mol. The summed E-state index contributed by atoms with van der Waals surface area (Å²) < 4.78 is 35.0. The fourth-order valence-corrected chi connectivity index (χ4v) is 4.75. The highest BCUT2D eigenvalue weighted by Crippen LogP contribution is 2.39. The lowest BCUT2D eigenvalue weighted by Crippen LogP contribution is -2.30. The molecule has 0 radical (unpaired) electrons. The van der Waals surface area contributed by atoms with Gasteiger partial charge in [-0.05, 0) is 47.9 Å². The van der Waals surface area contributed by atoms with Gasteiger partial charge in [0.1, 0.15) is 29.4 Å². The fourth-order valence-electron chi connectivity index (χ4n) is 4.75. The summed E-state index contributed by atoms with van der Waals surface area (Å²) in [7, 11) is 0. The largest absolute Gasteiger partial charge is 0.383 e. The molecule has 9 heteroatoms. The number of carbonyl (C=O) groups excluding carboxylic acids is 1. The first-order valence-electron chi connectivity index (χ1n) is 11.1. The Hall–Kier alpha value is -3.85. The topological polar surface area (TPSA) is 86.3 Å². The summed E-state index contributed by atoms with van der Waals surface area (Å²) in [5, 5.41) is 0.793. The Labute approximate surface area is 193 Å². The van der Waals surface area contributed by atoms with Crippen molar-refractivity contribution in [3.63, 3.8) is 0 Å². The fraction of sp³-hybridized carbons (Fsp3) is 0.240. The first-order valence-corrected chi connectivity index (χ1v) is 11.1. The lowest BCUT2D eigenvalue weighted by Gasteiger charge is -2.27. The van der Waals surface area contributed by atoms with E-state index in [-0.39, 0.29) is 23.9 Å². The van der Waals surface area contributed by atoms with Crippen LogP contribution in [0, 0.1) is 11.6 Å². The molecule has 34 heavy (non-hydrogen) atoms. The van der Waals surface area contributed by atoms with Gasteiger partial charge in [-0.25, -0.2) is 18.7 Å². The Morgan fingerprint density at radius 1 is 1.15 bits per heavy atom. The highest BCUT2D eigenvalue weighted by Gasteiger charge is 2.28. The minimum absolute atomic E-state index is 0.0540. The van der Waals surface area contributed by atoms with Gasteiger partial charge in [-0.1, -0.05) is 6.07 Å². The van der Waals surface area contributed by atoms with Gasteiger partial charge in [-0.3, -0.25) is 4.79 Å². The van der Waals surface area contributed by atoms with Crippen molar-refractivity contribution in [1.82, 2.24) is 14.5 Å². The zero-order chi connectivity index (χ0) is 23.4. The van der Waals surface area contributed by atoms with Gasteiger partial charge in [-0.15, -0.1) is 0 Å². The predicted octanol–water partition coefficient (Wildman–Crippen LogP) is 3.66. The van der Waals surface area contributed by atoms with Crippen LogP contribution in [0.4, 0.5) is 20.3 Å². The highest BCUT2D eigenvalue weighted by atomic mass is 19.1. The lowest BCUT2D eigenvalue weighted by atomic mass is 10.0. The Morgan fingerprint density at radius 3 is 2.79 bits per heavy atom. The minimum atomic E-state index is -0.586. The van der Waals surface area contributed by atoms with Crippen LogP contribution in [0.2, 0.25) is 0 Å². The SMILES string of the molecule is Nc1ncnc2c1c(-c1ccc3c(c1)CCN3C(=O)Cc1cc(F)ccc1F)cn2C1COC1. The molecule has 1 saturated heterocycles. The van der Waals surface area contributed by atoms with Crippen LogP contribution in [0.25, 0.3) is 22.2 Å². The molecular weight excluding hydrogens is 440 g/mol. The average Bonchev–Trinajstić information content (AvgIpc) is 3.38. The molecule has 2 aromatic heterocycles. The van der Waals surface area contributed by atoms with Crippen LogP contribution in [0.5, 0.6) is 0 Å². The van der Waals surface area contributed by atoms with Gasteiger partial charge in [-0.2, -0.15) is 0 Å². The summed E-state index contributed by atoms with van der Waals surface area (Å²) in [4.78, 5) is 23.2. The molecule has 2 N–H and O–H groups in total. The van der Waals surface area contributed by atoms with Crippen molar-refractivity contribution in [3.05, 3.63) is 71.7 Å². The number of nitrogen functional groups attached to an aromatic ring is 1. The molecule has 0 bridgehead atoms. The zero-order valence-corrected chi connectivity index (χ0v) is 18.2. The van der Waals surface area contributed by atoms with Crippen LogP contribution in [0.3, 0.4) is 0 Å². The maximum absolute atomic E-state index is 14.0. The summed E-state index contributed by atoms with van der Waals surface area (Å²) in [6.45, 7) is 1.74. The van der Waals surface area contributed by atoms with E-state index >= 15 is 0 Å². The van der Waals surface area contributed by atoms with E-state index in [4.69, 9.17) is 10.5 Å². The van der Waals surface area contributed by atoms with Crippen molar-refractivity contribution in [2.45, 2.75) is 18.9 Å². The Kier molecular flexibility index (Phi) is 4.80. The molecule has 6 rings (SSSR count). The molecule has 172 valence electrons. The standard InChI is InChI=1S/C25H21F2N5O2/c26-17-2-3-20(27)16(8-17)9-22(33)31-6-5-15-7-14(1-4-21(15)31)19-10-32(18-11-34-12-18)25-23(19)24(28)29-13-30-25/h1-4,7-8,10,13,18H,5-6,9,11-12H2,(H2,28,29,30). The third kappa shape index (κ3) is 3.31. The van der Waals surface area contributed by atoms with Gasteiger partial charge in [0.05, 0.1) is 31.1 Å². The number of hydrogen-bond donors (Lipinski definition) is 1. The highest BCUT2D eigenvalue weighted by molar-refractivity contribution is 6.02. The van der Waals surface area contributed by atoms with E-state index in [0.29, 0.717) is 32.0 Å². The second kappa shape index (κ2) is 7.88. The number of benzene rings is 2. The summed E-state index contributed by atoms with van der Waals surface area (Å²) in [6.07, 6.45) is 3.97. The van der Waals surface area contributed by atoms with Gasteiger partial charge in [0.25, 0.3) is 0 Å². The quantitative estimate of drug-likeness (QED) is 0.501. The molecule has 1 fully saturated rings. The smallest absolute Gasteiger partial charge is 0.231 e. The first kappa shape index (κ1) is 20.7. The van der Waals surface area contributed by atoms with Crippen molar-refractivity contribution in [1.29, 1.82) is 0 Å². The molecule has 0 aliphatic carbocycles. The molecule has 7 nitrogen and oxygen atoms in total. The molecule has 2 aromatic carbocycles. The Bertz CT molecular complexity index is 1450. The number of amides is 1. The predicted molar refractivity (Wildman–Crippen MR) is 123 cm³/mol. The lowest BCUT2D eigenvalue weighted by molar-refractivity contribution is -0.117. The number of halogens is 2. The van der Waals surface area contributed by atoms with Gasteiger partial charge >= 0.3 is 0 Å². The molecule has 4 heterocycles. The second-order valence-corrected chi connectivity index (χ2v) is 8.65. The maximum atomic E-state index is 14.0. The van der Waals surface area contributed by atoms with E-state index < -0.39 is 11.6 Å². The zero-order valence-electron chi connectivity index (χ0n) is 18.2. The number of fused-ring (bicyclic) bond motifs is 2. The van der Waals surface area contributed by atoms with Gasteiger partial charge < -0.3 is 19.9 Å². The van der Waals surface area contributed by atoms with Crippen LogP contribution in [0.15, 0.2) is 48.9 Å². The molecule has 4 aromatic rings. The maximum Gasteiger partial charge on any atom is 0.231 e. The molecule has 2 aliphatic rings. The number of hydrogen-bond acceptors (Lipinski definition) is 5. The summed E-state index contributed by atoms with van der Waals surface area (Å²) >= 11 is 0. The summed E-state index contributed by atoms with van der Waals surface area (Å²) in [5.41, 5.74) is 10.7. The van der Waals surface area contributed by atoms with Gasteiger partial charge in [0.15, 0.2) is 0 Å². The Morgan fingerprint density at radius 2 is 2.00 bits per heavy atom. The van der Waals surface area contributed by atoms with E-state index in [0.717, 1.165) is 51.6 Å². The van der Waals surface area contributed by atoms with Crippen molar-refractivity contribution in [2.75, 3.05) is 30.4 Å². The normalized spacial score (nSPS) is 15.5. The number of rotatable bonds is 4. The van der Waals surface area contributed by atoms with E-state index in [1.54, 1.807) is 4.90 Å². The minimum Gasteiger partial charge on any atom is -0.383 e. The Balaban J connectivity index is 1.34. The van der Waals surface area contributed by atoms with Crippen LogP contribution in [0.1, 0.15) is 17.2 Å². The van der Waals surface area contributed by atoms with Gasteiger partial charge in [0, 0.05) is 29.6 Å². The number of nitrogens with zero attached hydrogens (tertiary/aromatic N) is 4. The molecule has 0 spiro atoms. The number of aromatic nitrogens is 3. The van der Waals surface area contributed by atoms with Crippen LogP contribution >= 0.6 is 0 Å². The van der Waals surface area contributed by atoms with E-state index in [1.807, 2.05) is 24.4 Å². The molecular formula is C25H21F2N5O2. The van der Waals surface area contributed by atoms with Crippen molar-refractivity contribution < 1.29 is 18.3 Å². The first-order chi connectivity index (χ1) is 16.5. The molecule has 1 amide bonds. The number of ether oxygens (including phenoxy) is 1. The molecule has 0 unspecified atom stereocenters. The van der Waals surface area contributed by atoms with E-state index in [9.17, 15) is 13.6 Å². The number of carbonyl (C=O) groups is 1. The van der Waals surface area contributed by atoms with Crippen LogP contribution in [-0.2, 0) is 22.4 Å². The summed E-state index contributed by atoms with van der Waals surface area (Å²) in [6, 6.07) is 9.25. The third-order valence-corrected chi connectivity index (χ3v) is 6.59. The number of nitrogens with two attached hydrogens (primary N) is 1. The summed E-state index contributed by atoms with van der Waals surface area (Å²) in [5.74, 6) is -1.01. The third-order valence-electron chi connectivity index (χ3n) is 6.59. The van der Waals surface area contributed by atoms with Crippen LogP contribution in [-0.4, -0.2) is 40.2 Å². The average molecular weight is 461 g/mol. The van der Waals surface area contributed by atoms with E-state index in [2.05, 4.69) is 14.5 Å². The molecule has 2 aliphatic heterocycles. The van der Waals surface area contributed by atoms with Crippen LogP contribution < -0.4 is 10.6 Å².